The molecule has 5 N–H and O–H groups in total. The first-order chi connectivity index (χ1) is 12.9. The molecule has 146 valence electrons. The van der Waals surface area contributed by atoms with Crippen LogP contribution in [0.1, 0.15) is 51.0 Å². The molecule has 1 aliphatic rings. The third-order valence-electron chi connectivity index (χ3n) is 6.12. The Hall–Kier alpha value is -1.83. The van der Waals surface area contributed by atoms with Gasteiger partial charge in [-0.1, -0.05) is 37.1 Å². The molecule has 0 saturated heterocycles. The van der Waals surface area contributed by atoms with Crippen LogP contribution in [0, 0.1) is 5.92 Å². The van der Waals surface area contributed by atoms with Crippen molar-refractivity contribution < 1.29 is 19.9 Å². The molecule has 1 unspecified atom stereocenters. The fourth-order valence-corrected chi connectivity index (χ4v) is 4.43. The number of nitrogens with two attached hydrogens (primary N) is 1. The predicted octanol–water partition coefficient (Wildman–Crippen LogP) is 2.80. The summed E-state index contributed by atoms with van der Waals surface area (Å²) in [6.45, 7) is 0. The SMILES string of the molecule is NC(CCCCB(O)O)(C(=O)O)C1CCC(n2cc3ccccc3c2)CC1. The first-order valence-electron chi connectivity index (χ1n) is 9.85. The molecule has 1 saturated carbocycles. The average Bonchev–Trinajstić information content (AvgIpc) is 3.09. The molecule has 0 aliphatic heterocycles. The van der Waals surface area contributed by atoms with Gasteiger partial charge < -0.3 is 25.5 Å². The van der Waals surface area contributed by atoms with Crippen LogP contribution in [-0.4, -0.2) is 38.3 Å². The maximum atomic E-state index is 11.9. The van der Waals surface area contributed by atoms with Crippen molar-refractivity contribution in [2.45, 2.75) is 62.8 Å². The van der Waals surface area contributed by atoms with Crippen molar-refractivity contribution in [3.63, 3.8) is 0 Å². The molecular weight excluding hydrogens is 343 g/mol. The molecule has 3 rings (SSSR count). The first-order valence-corrected chi connectivity index (χ1v) is 9.85. The number of carbonyl (C=O) groups is 1. The molecule has 7 heteroatoms. The van der Waals surface area contributed by atoms with E-state index in [1.807, 2.05) is 12.1 Å². The highest BCUT2D eigenvalue weighted by Gasteiger charge is 2.43. The highest BCUT2D eigenvalue weighted by atomic mass is 16.4. The lowest BCUT2D eigenvalue weighted by Gasteiger charge is -2.39. The highest BCUT2D eigenvalue weighted by Crippen LogP contribution is 2.39. The molecule has 0 radical (unpaired) electrons. The molecule has 6 nitrogen and oxygen atoms in total. The predicted molar refractivity (Wildman–Crippen MR) is 106 cm³/mol. The second-order valence-corrected chi connectivity index (χ2v) is 7.91. The Morgan fingerprint density at radius 1 is 1.11 bits per heavy atom. The van der Waals surface area contributed by atoms with E-state index in [9.17, 15) is 9.90 Å². The largest absolute Gasteiger partial charge is 0.480 e. The van der Waals surface area contributed by atoms with Crippen LogP contribution < -0.4 is 5.73 Å². The van der Waals surface area contributed by atoms with Crippen LogP contribution in [0.3, 0.4) is 0 Å². The van der Waals surface area contributed by atoms with Crippen molar-refractivity contribution in [1.82, 2.24) is 4.57 Å². The van der Waals surface area contributed by atoms with Crippen molar-refractivity contribution in [3.8, 4) is 0 Å². The Balaban J connectivity index is 1.60. The van der Waals surface area contributed by atoms with Crippen LogP contribution in [0.5, 0.6) is 0 Å². The smallest absolute Gasteiger partial charge is 0.451 e. The molecule has 1 aliphatic carbocycles. The molecule has 1 fully saturated rings. The Labute approximate surface area is 160 Å². The fourth-order valence-electron chi connectivity index (χ4n) is 4.43. The first kappa shape index (κ1) is 19.9. The third-order valence-corrected chi connectivity index (χ3v) is 6.12. The van der Waals surface area contributed by atoms with Gasteiger partial charge in [0.2, 0.25) is 0 Å². The van der Waals surface area contributed by atoms with Crippen LogP contribution in [0.15, 0.2) is 36.7 Å². The van der Waals surface area contributed by atoms with Crippen LogP contribution in [-0.2, 0) is 4.79 Å². The average molecular weight is 372 g/mol. The topological polar surface area (TPSA) is 109 Å². The molecule has 1 heterocycles. The van der Waals surface area contributed by atoms with E-state index < -0.39 is 18.6 Å². The maximum Gasteiger partial charge on any atom is 0.451 e. The van der Waals surface area contributed by atoms with Gasteiger partial charge in [0.25, 0.3) is 0 Å². The molecule has 1 aromatic carbocycles. The van der Waals surface area contributed by atoms with Gasteiger partial charge in [-0.25, -0.2) is 0 Å². The van der Waals surface area contributed by atoms with E-state index in [2.05, 4.69) is 29.1 Å². The van der Waals surface area contributed by atoms with Crippen molar-refractivity contribution >= 4 is 23.9 Å². The van der Waals surface area contributed by atoms with Crippen molar-refractivity contribution in [2.24, 2.45) is 11.7 Å². The van der Waals surface area contributed by atoms with E-state index in [-0.39, 0.29) is 12.2 Å². The Morgan fingerprint density at radius 3 is 2.22 bits per heavy atom. The van der Waals surface area contributed by atoms with Crippen LogP contribution >= 0.6 is 0 Å². The lowest BCUT2D eigenvalue weighted by atomic mass is 9.71. The van der Waals surface area contributed by atoms with Crippen LogP contribution in [0.25, 0.3) is 10.8 Å². The summed E-state index contributed by atoms with van der Waals surface area (Å²) in [6, 6.07) is 8.67. The van der Waals surface area contributed by atoms with Gasteiger partial charge in [-0.05, 0) is 55.1 Å². The zero-order valence-corrected chi connectivity index (χ0v) is 15.6. The van der Waals surface area contributed by atoms with Gasteiger partial charge in [-0.3, -0.25) is 4.79 Å². The van der Waals surface area contributed by atoms with Crippen molar-refractivity contribution in [1.29, 1.82) is 0 Å². The zero-order valence-electron chi connectivity index (χ0n) is 15.6. The molecule has 0 spiro atoms. The standard InChI is InChI=1S/C20H29BN2O4/c22-20(19(24)25,11-3-4-12-21(26)27)17-7-9-18(10-8-17)23-13-15-5-1-2-6-16(15)14-23/h1-2,5-6,13-14,17-18,26-27H,3-4,7-12,22H2,(H,24,25). The highest BCUT2D eigenvalue weighted by molar-refractivity contribution is 6.40. The number of carboxylic acids is 1. The summed E-state index contributed by atoms with van der Waals surface area (Å²) in [5.41, 5.74) is 5.12. The molecular formula is C20H29BN2O4. The molecule has 27 heavy (non-hydrogen) atoms. The molecule has 2 aromatic rings. The normalized spacial score (nSPS) is 22.5. The fraction of sp³-hybridized carbons (Fsp3) is 0.550. The van der Waals surface area contributed by atoms with Gasteiger partial charge in [0.15, 0.2) is 0 Å². The number of aromatic nitrogens is 1. The summed E-state index contributed by atoms with van der Waals surface area (Å²) in [5, 5.41) is 30.1. The molecule has 0 amide bonds. The van der Waals surface area contributed by atoms with E-state index in [1.54, 1.807) is 0 Å². The van der Waals surface area contributed by atoms with E-state index in [0.717, 1.165) is 25.7 Å². The van der Waals surface area contributed by atoms with Crippen LogP contribution in [0.2, 0.25) is 6.32 Å². The Morgan fingerprint density at radius 2 is 1.70 bits per heavy atom. The van der Waals surface area contributed by atoms with Crippen molar-refractivity contribution in [3.05, 3.63) is 36.7 Å². The number of hydrogen-bond donors (Lipinski definition) is 4. The quantitative estimate of drug-likeness (QED) is 0.421. The van der Waals surface area contributed by atoms with Gasteiger partial charge in [0, 0.05) is 18.4 Å². The summed E-state index contributed by atoms with van der Waals surface area (Å²) in [5.74, 6) is -0.988. The zero-order chi connectivity index (χ0) is 19.4. The van der Waals surface area contributed by atoms with E-state index in [4.69, 9.17) is 15.8 Å². The second kappa shape index (κ2) is 8.46. The van der Waals surface area contributed by atoms with E-state index in [0.29, 0.717) is 25.3 Å². The second-order valence-electron chi connectivity index (χ2n) is 7.91. The lowest BCUT2D eigenvalue weighted by Crippen LogP contribution is -2.55. The minimum absolute atomic E-state index is 0.0460. The number of nitrogens with zero attached hydrogens (tertiary/aromatic N) is 1. The van der Waals surface area contributed by atoms with E-state index >= 15 is 0 Å². The number of aliphatic carboxylic acids is 1. The number of carboxylic acid groups (broad SMARTS) is 1. The number of benzene rings is 1. The van der Waals surface area contributed by atoms with E-state index in [1.165, 1.54) is 10.8 Å². The molecule has 1 aromatic heterocycles. The van der Waals surface area contributed by atoms with Crippen LogP contribution in [0.4, 0.5) is 0 Å². The minimum atomic E-state index is -1.34. The van der Waals surface area contributed by atoms with Gasteiger partial charge in [-0.15, -0.1) is 0 Å². The summed E-state index contributed by atoms with van der Waals surface area (Å²) in [6.07, 6.45) is 9.57. The lowest BCUT2D eigenvalue weighted by molar-refractivity contribution is -0.146. The van der Waals surface area contributed by atoms with Gasteiger partial charge in [0.1, 0.15) is 5.54 Å². The summed E-state index contributed by atoms with van der Waals surface area (Å²) in [4.78, 5) is 11.9. The summed E-state index contributed by atoms with van der Waals surface area (Å²) in [7, 11) is -1.34. The Bertz CT molecular complexity index is 737. The maximum absolute atomic E-state index is 11.9. The Kier molecular flexibility index (Phi) is 6.24. The summed E-state index contributed by atoms with van der Waals surface area (Å²) < 4.78 is 2.27. The van der Waals surface area contributed by atoms with Gasteiger partial charge in [0.05, 0.1) is 0 Å². The number of rotatable bonds is 8. The number of hydrogen-bond acceptors (Lipinski definition) is 4. The summed E-state index contributed by atoms with van der Waals surface area (Å²) >= 11 is 0. The number of unbranched alkanes of at least 4 members (excludes halogenated alkanes) is 1. The third kappa shape index (κ3) is 4.54. The van der Waals surface area contributed by atoms with Crippen molar-refractivity contribution in [2.75, 3.05) is 0 Å². The minimum Gasteiger partial charge on any atom is -0.480 e. The molecule has 0 bridgehead atoms. The monoisotopic (exact) mass is 372 g/mol. The molecule has 1 atom stereocenters. The van der Waals surface area contributed by atoms with Gasteiger partial charge >= 0.3 is 13.1 Å². The number of fused-ring (bicyclic) bond motifs is 1. The van der Waals surface area contributed by atoms with Gasteiger partial charge in [-0.2, -0.15) is 0 Å².